The van der Waals surface area contributed by atoms with Crippen LogP contribution in [0.3, 0.4) is 0 Å². The second kappa shape index (κ2) is 3.65. The molecule has 0 radical (unpaired) electrons. The zero-order chi connectivity index (χ0) is 10.1. The fourth-order valence-corrected chi connectivity index (χ4v) is 2.58. The molecule has 0 bridgehead atoms. The molecule has 0 unspecified atom stereocenters. The van der Waals surface area contributed by atoms with Crippen molar-refractivity contribution >= 4 is 6.29 Å². The summed E-state index contributed by atoms with van der Waals surface area (Å²) < 4.78 is 0. The van der Waals surface area contributed by atoms with Crippen LogP contribution >= 0.6 is 0 Å². The minimum Gasteiger partial charge on any atom is -0.303 e. The van der Waals surface area contributed by atoms with Crippen molar-refractivity contribution in [2.24, 2.45) is 17.3 Å². The van der Waals surface area contributed by atoms with Gasteiger partial charge < -0.3 is 4.79 Å². The molecule has 0 spiro atoms. The lowest BCUT2D eigenvalue weighted by atomic mass is 9.62. The maximum Gasteiger partial charge on any atom is 0.127 e. The summed E-state index contributed by atoms with van der Waals surface area (Å²) in [6.45, 7) is 8.73. The van der Waals surface area contributed by atoms with Gasteiger partial charge >= 0.3 is 0 Å². The molecule has 1 aliphatic carbocycles. The molecular formula is C12H20O. The fraction of sp³-hybridized carbons (Fsp3) is 0.750. The molecule has 0 heterocycles. The Morgan fingerprint density at radius 2 is 2.23 bits per heavy atom. The van der Waals surface area contributed by atoms with Crippen LogP contribution in [0.1, 0.15) is 40.5 Å². The average molecular weight is 180 g/mol. The Kier molecular flexibility index (Phi) is 2.94. The number of rotatable bonds is 2. The van der Waals surface area contributed by atoms with Gasteiger partial charge in [-0.1, -0.05) is 38.8 Å². The Bertz CT molecular complexity index is 225. The minimum atomic E-state index is 0.131. The largest absolute Gasteiger partial charge is 0.303 e. The average Bonchev–Trinajstić information content (AvgIpc) is 2.04. The van der Waals surface area contributed by atoms with E-state index < -0.39 is 0 Å². The number of aldehydes is 1. The van der Waals surface area contributed by atoms with E-state index in [1.165, 1.54) is 12.0 Å². The molecule has 0 aliphatic heterocycles. The predicted octanol–water partition coefficient (Wildman–Crippen LogP) is 3.20. The molecule has 0 aromatic carbocycles. The summed E-state index contributed by atoms with van der Waals surface area (Å²) in [7, 11) is 0. The number of hydrogen-bond donors (Lipinski definition) is 0. The smallest absolute Gasteiger partial charge is 0.127 e. The molecule has 74 valence electrons. The third-order valence-corrected chi connectivity index (χ3v) is 3.70. The minimum absolute atomic E-state index is 0.131. The molecule has 2 atom stereocenters. The molecule has 1 heteroatoms. The SMILES string of the molecule is CC[C@H]1CC=C(C)[C@H](C=O)C1(C)C. The van der Waals surface area contributed by atoms with Crippen molar-refractivity contribution in [1.29, 1.82) is 0 Å². The summed E-state index contributed by atoms with van der Waals surface area (Å²) in [5, 5.41) is 0. The van der Waals surface area contributed by atoms with E-state index in [1.54, 1.807) is 0 Å². The molecule has 0 saturated carbocycles. The van der Waals surface area contributed by atoms with Gasteiger partial charge in [0.1, 0.15) is 6.29 Å². The Morgan fingerprint density at radius 1 is 1.62 bits per heavy atom. The van der Waals surface area contributed by atoms with Crippen LogP contribution in [0.4, 0.5) is 0 Å². The van der Waals surface area contributed by atoms with E-state index in [2.05, 4.69) is 33.8 Å². The zero-order valence-electron chi connectivity index (χ0n) is 9.13. The van der Waals surface area contributed by atoms with E-state index in [1.807, 2.05) is 0 Å². The molecule has 1 aliphatic rings. The van der Waals surface area contributed by atoms with Gasteiger partial charge in [-0.05, 0) is 24.7 Å². The second-order valence-electron chi connectivity index (χ2n) is 4.72. The first kappa shape index (κ1) is 10.5. The normalized spacial score (nSPS) is 32.5. The van der Waals surface area contributed by atoms with Crippen molar-refractivity contribution in [3.63, 3.8) is 0 Å². The molecule has 1 nitrogen and oxygen atoms in total. The first-order chi connectivity index (χ1) is 6.04. The van der Waals surface area contributed by atoms with E-state index in [0.29, 0.717) is 5.92 Å². The summed E-state index contributed by atoms with van der Waals surface area (Å²) in [6.07, 6.45) is 5.66. The van der Waals surface area contributed by atoms with Crippen molar-refractivity contribution in [2.45, 2.75) is 40.5 Å². The van der Waals surface area contributed by atoms with Gasteiger partial charge in [0, 0.05) is 5.92 Å². The number of hydrogen-bond acceptors (Lipinski definition) is 1. The van der Waals surface area contributed by atoms with Gasteiger partial charge in [0.05, 0.1) is 0 Å². The predicted molar refractivity (Wildman–Crippen MR) is 55.5 cm³/mol. The lowest BCUT2D eigenvalue weighted by molar-refractivity contribution is -0.114. The molecule has 0 aromatic rings. The molecule has 0 saturated heterocycles. The molecule has 13 heavy (non-hydrogen) atoms. The Labute approximate surface area is 81.2 Å². The Hall–Kier alpha value is -0.590. The van der Waals surface area contributed by atoms with Crippen molar-refractivity contribution in [3.05, 3.63) is 11.6 Å². The van der Waals surface area contributed by atoms with Crippen molar-refractivity contribution < 1.29 is 4.79 Å². The lowest BCUT2D eigenvalue weighted by Gasteiger charge is -2.42. The molecular weight excluding hydrogens is 160 g/mol. The maximum atomic E-state index is 11.0. The molecule has 0 aromatic heterocycles. The fourth-order valence-electron chi connectivity index (χ4n) is 2.58. The van der Waals surface area contributed by atoms with E-state index >= 15 is 0 Å². The summed E-state index contributed by atoms with van der Waals surface area (Å²) in [5.74, 6) is 0.789. The highest BCUT2D eigenvalue weighted by Crippen LogP contribution is 2.45. The summed E-state index contributed by atoms with van der Waals surface area (Å²) in [6, 6.07) is 0. The Morgan fingerprint density at radius 3 is 2.69 bits per heavy atom. The van der Waals surface area contributed by atoms with E-state index in [9.17, 15) is 4.79 Å². The highest BCUT2D eigenvalue weighted by molar-refractivity contribution is 5.60. The quantitative estimate of drug-likeness (QED) is 0.471. The van der Waals surface area contributed by atoms with Crippen molar-refractivity contribution in [2.75, 3.05) is 0 Å². The van der Waals surface area contributed by atoms with Crippen LogP contribution in [-0.4, -0.2) is 6.29 Å². The first-order valence-corrected chi connectivity index (χ1v) is 5.16. The van der Waals surface area contributed by atoms with Gasteiger partial charge in [0.2, 0.25) is 0 Å². The first-order valence-electron chi connectivity index (χ1n) is 5.16. The summed E-state index contributed by atoms with van der Waals surface area (Å²) in [4.78, 5) is 11.0. The monoisotopic (exact) mass is 180 g/mol. The molecule has 0 N–H and O–H groups in total. The van der Waals surface area contributed by atoms with Crippen molar-refractivity contribution in [3.8, 4) is 0 Å². The highest BCUT2D eigenvalue weighted by atomic mass is 16.1. The van der Waals surface area contributed by atoms with Gasteiger partial charge in [-0.3, -0.25) is 0 Å². The summed E-state index contributed by atoms with van der Waals surface area (Å²) in [5.41, 5.74) is 1.40. The molecule has 1 rings (SSSR count). The van der Waals surface area contributed by atoms with Gasteiger partial charge in [0.15, 0.2) is 0 Å². The van der Waals surface area contributed by atoms with E-state index in [-0.39, 0.29) is 11.3 Å². The summed E-state index contributed by atoms with van der Waals surface area (Å²) >= 11 is 0. The standard InChI is InChI=1S/C12H20O/c1-5-10-7-6-9(2)11(8-13)12(10,3)4/h6,8,10-11H,5,7H2,1-4H3/t10-,11-/m0/s1. The topological polar surface area (TPSA) is 17.1 Å². The number of carbonyl (C=O) groups excluding carboxylic acids is 1. The van der Waals surface area contributed by atoms with E-state index in [0.717, 1.165) is 12.7 Å². The van der Waals surface area contributed by atoms with Crippen LogP contribution in [0.25, 0.3) is 0 Å². The maximum absolute atomic E-state index is 11.0. The zero-order valence-corrected chi connectivity index (χ0v) is 9.13. The van der Waals surface area contributed by atoms with Gasteiger partial charge in [-0.25, -0.2) is 0 Å². The third kappa shape index (κ3) is 1.70. The van der Waals surface area contributed by atoms with Gasteiger partial charge in [-0.2, -0.15) is 0 Å². The lowest BCUT2D eigenvalue weighted by Crippen LogP contribution is -2.36. The van der Waals surface area contributed by atoms with Gasteiger partial charge in [-0.15, -0.1) is 0 Å². The number of carbonyl (C=O) groups is 1. The number of allylic oxidation sites excluding steroid dienone is 2. The van der Waals surface area contributed by atoms with Crippen LogP contribution < -0.4 is 0 Å². The molecule has 0 fully saturated rings. The molecule has 0 amide bonds. The van der Waals surface area contributed by atoms with Crippen LogP contribution in [0.2, 0.25) is 0 Å². The van der Waals surface area contributed by atoms with Crippen LogP contribution in [0.15, 0.2) is 11.6 Å². The highest BCUT2D eigenvalue weighted by Gasteiger charge is 2.39. The Balaban J connectivity index is 2.98. The second-order valence-corrected chi connectivity index (χ2v) is 4.72. The van der Waals surface area contributed by atoms with E-state index in [4.69, 9.17) is 0 Å². The van der Waals surface area contributed by atoms with Gasteiger partial charge in [0.25, 0.3) is 0 Å². The third-order valence-electron chi connectivity index (χ3n) is 3.70. The van der Waals surface area contributed by atoms with Crippen molar-refractivity contribution in [1.82, 2.24) is 0 Å². The van der Waals surface area contributed by atoms with Crippen LogP contribution in [0, 0.1) is 17.3 Å². The van der Waals surface area contributed by atoms with Crippen LogP contribution in [0.5, 0.6) is 0 Å². The van der Waals surface area contributed by atoms with Crippen LogP contribution in [-0.2, 0) is 4.79 Å².